The van der Waals surface area contributed by atoms with Gasteiger partial charge in [0.25, 0.3) is 0 Å². The van der Waals surface area contributed by atoms with Gasteiger partial charge in [-0.25, -0.2) is 0 Å². The van der Waals surface area contributed by atoms with Crippen molar-refractivity contribution >= 4 is 23.3 Å². The quantitative estimate of drug-likeness (QED) is 0.189. The molecule has 2 nitrogen and oxygen atoms in total. The van der Waals surface area contributed by atoms with Crippen molar-refractivity contribution in [2.75, 3.05) is 0 Å². The largest absolute Gasteiger partial charge is 0.255 e. The fraction of sp³-hybridized carbons (Fsp3) is 0.481. The van der Waals surface area contributed by atoms with Crippen LogP contribution in [0.1, 0.15) is 82.6 Å². The van der Waals surface area contributed by atoms with Crippen LogP contribution in [-0.2, 0) is 42.2 Å². The van der Waals surface area contributed by atoms with Crippen LogP contribution in [0.4, 0.5) is 11.4 Å². The van der Waals surface area contributed by atoms with Crippen molar-refractivity contribution in [3.05, 3.63) is 58.7 Å². The Morgan fingerprint density at radius 2 is 1.13 bits per heavy atom. The Kier molecular flexibility index (Phi) is 12.5. The van der Waals surface area contributed by atoms with Crippen molar-refractivity contribution in [1.82, 2.24) is 0 Å². The first kappa shape index (κ1) is 26.3. The average molecular weight is 449 g/mol. The van der Waals surface area contributed by atoms with Crippen LogP contribution in [0.2, 0.25) is 0 Å². The number of aliphatic imine (C=N–C) groups is 2. The molecule has 0 N–H and O–H groups in total. The summed E-state index contributed by atoms with van der Waals surface area (Å²) in [7, 11) is 0. The average Bonchev–Trinajstić information content (AvgIpc) is 2.76. The molecule has 0 aliphatic heterocycles. The molecule has 0 unspecified atom stereocenters. The molecular formula is C27H38N2Ni. The first-order valence-electron chi connectivity index (χ1n) is 11.5. The third-order valence-electron chi connectivity index (χ3n) is 5.38. The molecule has 2 aromatic rings. The SMILES string of the molecule is CCCCCC(C=Nc1cc(CC)cc(CC)c1)=Nc1cc(CC)cc(CC)c1.[Ni]. The third-order valence-corrected chi connectivity index (χ3v) is 5.38. The summed E-state index contributed by atoms with van der Waals surface area (Å²) in [6.07, 6.45) is 10.7. The Hall–Kier alpha value is -1.73. The third kappa shape index (κ3) is 8.56. The summed E-state index contributed by atoms with van der Waals surface area (Å²) in [6.45, 7) is 11.1. The van der Waals surface area contributed by atoms with Crippen molar-refractivity contribution in [3.63, 3.8) is 0 Å². The van der Waals surface area contributed by atoms with E-state index in [9.17, 15) is 0 Å². The fourth-order valence-electron chi connectivity index (χ4n) is 3.46. The molecule has 0 radical (unpaired) electrons. The molecule has 0 fully saturated rings. The molecule has 0 aliphatic carbocycles. The molecule has 0 amide bonds. The van der Waals surface area contributed by atoms with Gasteiger partial charge in [-0.15, -0.1) is 0 Å². The van der Waals surface area contributed by atoms with Crippen LogP contribution in [0.15, 0.2) is 46.4 Å². The van der Waals surface area contributed by atoms with Gasteiger partial charge in [-0.1, -0.05) is 59.6 Å². The standard InChI is InChI=1S/C27H38N2.Ni/c1-6-11-12-13-25(29-27-18-23(9-4)15-24(10-5)19-27)20-28-26-16-21(7-2)14-22(8-3)17-26;/h14-20H,6-13H2,1-5H3;. The monoisotopic (exact) mass is 448 g/mol. The molecule has 0 saturated heterocycles. The molecule has 166 valence electrons. The molecule has 3 heteroatoms. The van der Waals surface area contributed by atoms with Gasteiger partial charge in [-0.3, -0.25) is 9.98 Å². The number of hydrogen-bond donors (Lipinski definition) is 0. The zero-order valence-electron chi connectivity index (χ0n) is 19.4. The van der Waals surface area contributed by atoms with Crippen LogP contribution in [0.25, 0.3) is 0 Å². The minimum atomic E-state index is 0. The predicted octanol–water partition coefficient (Wildman–Crippen LogP) is 7.99. The molecule has 0 atom stereocenters. The number of hydrogen-bond acceptors (Lipinski definition) is 2. The van der Waals surface area contributed by atoms with Gasteiger partial charge in [0.2, 0.25) is 0 Å². The van der Waals surface area contributed by atoms with Gasteiger partial charge in [0.05, 0.1) is 17.1 Å². The van der Waals surface area contributed by atoms with E-state index in [1.807, 2.05) is 6.21 Å². The van der Waals surface area contributed by atoms with Crippen molar-refractivity contribution in [1.29, 1.82) is 0 Å². The Morgan fingerprint density at radius 3 is 1.57 bits per heavy atom. The minimum Gasteiger partial charge on any atom is -0.255 e. The number of rotatable bonds is 11. The summed E-state index contributed by atoms with van der Waals surface area (Å²) < 4.78 is 0. The smallest absolute Gasteiger partial charge is 0.0639 e. The maximum atomic E-state index is 5.02. The van der Waals surface area contributed by atoms with E-state index < -0.39 is 0 Å². The Labute approximate surface area is 194 Å². The minimum absolute atomic E-state index is 0. The van der Waals surface area contributed by atoms with Gasteiger partial charge in [-0.2, -0.15) is 0 Å². The fourth-order valence-corrected chi connectivity index (χ4v) is 3.46. The Balaban J connectivity index is 0.00000450. The van der Waals surface area contributed by atoms with Gasteiger partial charge in [0.15, 0.2) is 0 Å². The predicted molar refractivity (Wildman–Crippen MR) is 130 cm³/mol. The number of aryl methyl sites for hydroxylation is 4. The van der Waals surface area contributed by atoms with E-state index in [-0.39, 0.29) is 16.5 Å². The second-order valence-corrected chi connectivity index (χ2v) is 7.75. The molecular weight excluding hydrogens is 411 g/mol. The maximum absolute atomic E-state index is 5.02. The zero-order valence-corrected chi connectivity index (χ0v) is 20.4. The van der Waals surface area contributed by atoms with E-state index in [1.165, 1.54) is 35.1 Å². The van der Waals surface area contributed by atoms with Gasteiger partial charge in [-0.05, 0) is 85.0 Å². The van der Waals surface area contributed by atoms with Crippen LogP contribution >= 0.6 is 0 Å². The van der Waals surface area contributed by atoms with Crippen LogP contribution < -0.4 is 0 Å². The molecule has 0 saturated carbocycles. The summed E-state index contributed by atoms with van der Waals surface area (Å²) in [5.41, 5.74) is 8.60. The van der Waals surface area contributed by atoms with Gasteiger partial charge in [0.1, 0.15) is 0 Å². The summed E-state index contributed by atoms with van der Waals surface area (Å²) in [6, 6.07) is 13.4. The summed E-state index contributed by atoms with van der Waals surface area (Å²) in [4.78, 5) is 9.84. The van der Waals surface area contributed by atoms with Crippen LogP contribution in [-0.4, -0.2) is 11.9 Å². The van der Waals surface area contributed by atoms with Crippen LogP contribution in [0.5, 0.6) is 0 Å². The van der Waals surface area contributed by atoms with E-state index in [0.717, 1.165) is 55.6 Å². The molecule has 2 aromatic carbocycles. The van der Waals surface area contributed by atoms with E-state index in [0.29, 0.717) is 0 Å². The number of unbranched alkanes of at least 4 members (excludes halogenated alkanes) is 2. The van der Waals surface area contributed by atoms with Crippen LogP contribution in [0.3, 0.4) is 0 Å². The van der Waals surface area contributed by atoms with Gasteiger partial charge in [0, 0.05) is 22.7 Å². The second-order valence-electron chi connectivity index (χ2n) is 7.75. The van der Waals surface area contributed by atoms with E-state index in [4.69, 9.17) is 9.98 Å². The Morgan fingerprint density at radius 1 is 0.667 bits per heavy atom. The van der Waals surface area contributed by atoms with Crippen molar-refractivity contribution in [2.45, 2.75) is 86.0 Å². The topological polar surface area (TPSA) is 24.7 Å². The number of benzene rings is 2. The normalized spacial score (nSPS) is 11.7. The van der Waals surface area contributed by atoms with Gasteiger partial charge < -0.3 is 0 Å². The Bertz CT molecular complexity index is 792. The number of nitrogens with zero attached hydrogens (tertiary/aromatic N) is 2. The van der Waals surface area contributed by atoms with Gasteiger partial charge >= 0.3 is 0 Å². The molecule has 30 heavy (non-hydrogen) atoms. The molecule has 0 aromatic heterocycles. The van der Waals surface area contributed by atoms with Crippen molar-refractivity contribution in [2.24, 2.45) is 9.98 Å². The first-order valence-corrected chi connectivity index (χ1v) is 11.5. The summed E-state index contributed by atoms with van der Waals surface area (Å²) in [5, 5.41) is 0. The first-order chi connectivity index (χ1) is 14.1. The molecule has 2 rings (SSSR count). The molecule has 0 aliphatic rings. The maximum Gasteiger partial charge on any atom is 0.0639 e. The zero-order chi connectivity index (χ0) is 21.1. The van der Waals surface area contributed by atoms with E-state index >= 15 is 0 Å². The van der Waals surface area contributed by atoms with E-state index in [1.54, 1.807) is 0 Å². The summed E-state index contributed by atoms with van der Waals surface area (Å²) in [5.74, 6) is 0. The second kappa shape index (κ2) is 14.3. The summed E-state index contributed by atoms with van der Waals surface area (Å²) >= 11 is 0. The molecule has 0 bridgehead atoms. The van der Waals surface area contributed by atoms with E-state index in [2.05, 4.69) is 71.0 Å². The van der Waals surface area contributed by atoms with Crippen molar-refractivity contribution < 1.29 is 16.5 Å². The molecule has 0 heterocycles. The molecule has 0 spiro atoms. The van der Waals surface area contributed by atoms with Crippen molar-refractivity contribution in [3.8, 4) is 0 Å². The van der Waals surface area contributed by atoms with Crippen LogP contribution in [0, 0.1) is 0 Å².